The van der Waals surface area contributed by atoms with Crippen LogP contribution in [0, 0.1) is 0 Å². The number of hydrogen-bond acceptors (Lipinski definition) is 4. The summed E-state index contributed by atoms with van der Waals surface area (Å²) in [6, 6.07) is 7.55. The lowest BCUT2D eigenvalue weighted by Gasteiger charge is -2.18. The Bertz CT molecular complexity index is 602. The zero-order chi connectivity index (χ0) is 14.5. The van der Waals surface area contributed by atoms with Crippen molar-refractivity contribution in [3.63, 3.8) is 0 Å². The van der Waals surface area contributed by atoms with Gasteiger partial charge in [-0.05, 0) is 6.07 Å². The zero-order valence-electron chi connectivity index (χ0n) is 11.2. The standard InChI is InChI=1S/C14H14ClN3O2/c1-18(9-10-5-3-4-6-12(10)20-2)14(19)11-7-17-13(15)8-16-11/h3-8H,9H2,1-2H3. The highest BCUT2D eigenvalue weighted by Gasteiger charge is 2.15. The van der Waals surface area contributed by atoms with Gasteiger partial charge >= 0.3 is 0 Å². The normalized spacial score (nSPS) is 10.2. The van der Waals surface area contributed by atoms with Crippen LogP contribution in [0.2, 0.25) is 5.15 Å². The number of methoxy groups -OCH3 is 1. The molecule has 2 rings (SSSR count). The van der Waals surface area contributed by atoms with E-state index in [4.69, 9.17) is 16.3 Å². The fraction of sp³-hybridized carbons (Fsp3) is 0.214. The van der Waals surface area contributed by atoms with Crippen molar-refractivity contribution >= 4 is 17.5 Å². The molecule has 1 aromatic carbocycles. The van der Waals surface area contributed by atoms with E-state index in [1.54, 1.807) is 19.1 Å². The van der Waals surface area contributed by atoms with E-state index < -0.39 is 0 Å². The number of amides is 1. The SMILES string of the molecule is COc1ccccc1CN(C)C(=O)c1cnc(Cl)cn1. The first-order valence-corrected chi connectivity index (χ1v) is 6.34. The second kappa shape index (κ2) is 6.34. The van der Waals surface area contributed by atoms with Crippen molar-refractivity contribution in [3.05, 3.63) is 53.1 Å². The number of para-hydroxylation sites is 1. The maximum atomic E-state index is 12.2. The Hall–Kier alpha value is -2.14. The van der Waals surface area contributed by atoms with Crippen LogP contribution in [0.25, 0.3) is 0 Å². The lowest BCUT2D eigenvalue weighted by Crippen LogP contribution is -2.27. The number of nitrogens with zero attached hydrogens (tertiary/aromatic N) is 3. The molecule has 0 saturated carbocycles. The molecule has 1 heterocycles. The molecule has 0 N–H and O–H groups in total. The molecular formula is C14H14ClN3O2. The second-order valence-corrected chi connectivity index (χ2v) is 4.58. The third-order valence-electron chi connectivity index (χ3n) is 2.79. The van der Waals surface area contributed by atoms with Crippen LogP contribution in [0.3, 0.4) is 0 Å². The Morgan fingerprint density at radius 3 is 2.70 bits per heavy atom. The zero-order valence-corrected chi connectivity index (χ0v) is 12.0. The molecular weight excluding hydrogens is 278 g/mol. The van der Waals surface area contributed by atoms with Crippen molar-refractivity contribution in [1.29, 1.82) is 0 Å². The Morgan fingerprint density at radius 1 is 1.30 bits per heavy atom. The molecule has 5 nitrogen and oxygen atoms in total. The minimum atomic E-state index is -0.222. The maximum Gasteiger partial charge on any atom is 0.274 e. The van der Waals surface area contributed by atoms with E-state index in [1.165, 1.54) is 12.4 Å². The average Bonchev–Trinajstić information content (AvgIpc) is 2.48. The predicted octanol–water partition coefficient (Wildman–Crippen LogP) is 2.41. The van der Waals surface area contributed by atoms with Gasteiger partial charge in [0.2, 0.25) is 0 Å². The first-order valence-electron chi connectivity index (χ1n) is 5.96. The summed E-state index contributed by atoms with van der Waals surface area (Å²) in [6.07, 6.45) is 2.72. The summed E-state index contributed by atoms with van der Waals surface area (Å²) >= 11 is 5.65. The predicted molar refractivity (Wildman–Crippen MR) is 75.8 cm³/mol. The Labute approximate surface area is 122 Å². The van der Waals surface area contributed by atoms with Gasteiger partial charge in [0.25, 0.3) is 5.91 Å². The molecule has 20 heavy (non-hydrogen) atoms. The van der Waals surface area contributed by atoms with Crippen molar-refractivity contribution in [1.82, 2.24) is 14.9 Å². The summed E-state index contributed by atoms with van der Waals surface area (Å²) in [5.74, 6) is 0.523. The van der Waals surface area contributed by atoms with Gasteiger partial charge in [0.15, 0.2) is 0 Å². The van der Waals surface area contributed by atoms with Crippen molar-refractivity contribution in [2.75, 3.05) is 14.2 Å². The monoisotopic (exact) mass is 291 g/mol. The lowest BCUT2D eigenvalue weighted by atomic mass is 10.2. The summed E-state index contributed by atoms with van der Waals surface area (Å²) in [7, 11) is 3.30. The van der Waals surface area contributed by atoms with E-state index in [0.29, 0.717) is 6.54 Å². The molecule has 0 atom stereocenters. The van der Waals surface area contributed by atoms with E-state index in [0.717, 1.165) is 11.3 Å². The van der Waals surface area contributed by atoms with Crippen LogP contribution in [0.15, 0.2) is 36.7 Å². The van der Waals surface area contributed by atoms with Crippen LogP contribution in [0.4, 0.5) is 0 Å². The number of halogens is 1. The van der Waals surface area contributed by atoms with Crippen LogP contribution in [-0.2, 0) is 6.54 Å². The highest BCUT2D eigenvalue weighted by Crippen LogP contribution is 2.19. The van der Waals surface area contributed by atoms with Gasteiger partial charge in [-0.25, -0.2) is 9.97 Å². The number of carbonyl (C=O) groups excluding carboxylic acids is 1. The molecule has 0 spiro atoms. The topological polar surface area (TPSA) is 55.3 Å². The molecule has 0 radical (unpaired) electrons. The molecule has 1 aromatic heterocycles. The lowest BCUT2D eigenvalue weighted by molar-refractivity contribution is 0.0778. The van der Waals surface area contributed by atoms with Gasteiger partial charge in [0.1, 0.15) is 16.6 Å². The van der Waals surface area contributed by atoms with E-state index >= 15 is 0 Å². The van der Waals surface area contributed by atoms with E-state index in [2.05, 4.69) is 9.97 Å². The largest absolute Gasteiger partial charge is 0.496 e. The van der Waals surface area contributed by atoms with Crippen molar-refractivity contribution in [2.24, 2.45) is 0 Å². The van der Waals surface area contributed by atoms with Crippen LogP contribution in [-0.4, -0.2) is 34.9 Å². The third-order valence-corrected chi connectivity index (χ3v) is 2.98. The number of carbonyl (C=O) groups is 1. The van der Waals surface area contributed by atoms with Gasteiger partial charge in [-0.1, -0.05) is 29.8 Å². The highest BCUT2D eigenvalue weighted by molar-refractivity contribution is 6.29. The smallest absolute Gasteiger partial charge is 0.274 e. The molecule has 1 amide bonds. The number of aromatic nitrogens is 2. The summed E-state index contributed by atoms with van der Waals surface area (Å²) in [4.78, 5) is 21.6. The van der Waals surface area contributed by atoms with E-state index in [1.807, 2.05) is 24.3 Å². The molecule has 0 fully saturated rings. The van der Waals surface area contributed by atoms with Gasteiger partial charge < -0.3 is 9.64 Å². The summed E-state index contributed by atoms with van der Waals surface area (Å²) in [5, 5.41) is 0.258. The fourth-order valence-electron chi connectivity index (χ4n) is 1.78. The van der Waals surface area contributed by atoms with Crippen LogP contribution in [0.1, 0.15) is 16.1 Å². The van der Waals surface area contributed by atoms with E-state index in [9.17, 15) is 4.79 Å². The minimum Gasteiger partial charge on any atom is -0.496 e. The Morgan fingerprint density at radius 2 is 2.05 bits per heavy atom. The number of ether oxygens (including phenoxy) is 1. The van der Waals surface area contributed by atoms with Gasteiger partial charge in [-0.15, -0.1) is 0 Å². The van der Waals surface area contributed by atoms with Gasteiger partial charge in [-0.2, -0.15) is 0 Å². The van der Waals surface area contributed by atoms with Crippen molar-refractivity contribution in [3.8, 4) is 5.75 Å². The number of hydrogen-bond donors (Lipinski definition) is 0. The molecule has 2 aromatic rings. The second-order valence-electron chi connectivity index (χ2n) is 4.20. The molecule has 104 valence electrons. The summed E-state index contributed by atoms with van der Waals surface area (Å²) in [5.41, 5.74) is 1.18. The maximum absolute atomic E-state index is 12.2. The molecule has 6 heteroatoms. The number of benzene rings is 1. The fourth-order valence-corrected chi connectivity index (χ4v) is 1.88. The first kappa shape index (κ1) is 14.3. The molecule has 0 unspecified atom stereocenters. The quantitative estimate of drug-likeness (QED) is 0.868. The van der Waals surface area contributed by atoms with Gasteiger partial charge in [0, 0.05) is 19.2 Å². The van der Waals surface area contributed by atoms with E-state index in [-0.39, 0.29) is 16.8 Å². The highest BCUT2D eigenvalue weighted by atomic mass is 35.5. The van der Waals surface area contributed by atoms with Crippen molar-refractivity contribution < 1.29 is 9.53 Å². The molecule has 0 saturated heterocycles. The molecule has 0 aliphatic heterocycles. The molecule has 0 aliphatic carbocycles. The summed E-state index contributed by atoms with van der Waals surface area (Å²) in [6.45, 7) is 0.424. The molecule has 0 aliphatic rings. The van der Waals surface area contributed by atoms with Gasteiger partial charge in [0.05, 0.1) is 19.5 Å². The summed E-state index contributed by atoms with van der Waals surface area (Å²) < 4.78 is 5.26. The Kier molecular flexibility index (Phi) is 4.53. The Balaban J connectivity index is 2.13. The van der Waals surface area contributed by atoms with Crippen LogP contribution >= 0.6 is 11.6 Å². The molecule has 0 bridgehead atoms. The minimum absolute atomic E-state index is 0.222. The number of rotatable bonds is 4. The van der Waals surface area contributed by atoms with Crippen LogP contribution in [0.5, 0.6) is 5.75 Å². The van der Waals surface area contributed by atoms with Crippen LogP contribution < -0.4 is 4.74 Å². The third kappa shape index (κ3) is 3.24. The van der Waals surface area contributed by atoms with Crippen molar-refractivity contribution in [2.45, 2.75) is 6.54 Å². The van der Waals surface area contributed by atoms with Gasteiger partial charge in [-0.3, -0.25) is 4.79 Å². The average molecular weight is 292 g/mol. The first-order chi connectivity index (χ1) is 9.61.